The van der Waals surface area contributed by atoms with E-state index in [1.807, 2.05) is 6.92 Å². The van der Waals surface area contributed by atoms with Gasteiger partial charge in [-0.1, -0.05) is 20.3 Å². The van der Waals surface area contributed by atoms with Crippen LogP contribution < -0.4 is 4.74 Å². The van der Waals surface area contributed by atoms with E-state index in [9.17, 15) is 9.50 Å². The molecule has 0 aliphatic heterocycles. The Kier molecular flexibility index (Phi) is 4.74. The molecular formula is C13H19FO2. The monoisotopic (exact) mass is 226 g/mol. The van der Waals surface area contributed by atoms with Crippen molar-refractivity contribution in [3.63, 3.8) is 0 Å². The van der Waals surface area contributed by atoms with E-state index in [0.29, 0.717) is 23.7 Å². The van der Waals surface area contributed by atoms with Gasteiger partial charge in [0, 0.05) is 11.6 Å². The molecule has 0 spiro atoms. The fourth-order valence-electron chi connectivity index (χ4n) is 1.58. The Morgan fingerprint density at radius 1 is 1.44 bits per heavy atom. The van der Waals surface area contributed by atoms with Crippen LogP contribution in [0.15, 0.2) is 18.2 Å². The highest BCUT2D eigenvalue weighted by atomic mass is 19.1. The van der Waals surface area contributed by atoms with Gasteiger partial charge in [0.1, 0.15) is 11.6 Å². The lowest BCUT2D eigenvalue weighted by Crippen LogP contribution is -2.06. The molecule has 3 heteroatoms. The zero-order valence-electron chi connectivity index (χ0n) is 10.0. The Bertz CT molecular complexity index is 339. The number of aliphatic hydroxyl groups excluding tert-OH is 1. The van der Waals surface area contributed by atoms with Gasteiger partial charge in [0.25, 0.3) is 0 Å². The lowest BCUT2D eigenvalue weighted by Gasteiger charge is -2.16. The molecule has 0 radical (unpaired) electrons. The van der Waals surface area contributed by atoms with Gasteiger partial charge >= 0.3 is 0 Å². The second kappa shape index (κ2) is 5.85. The number of halogens is 1. The normalized spacial score (nSPS) is 14.6. The predicted octanol–water partition coefficient (Wildman–Crippen LogP) is 3.30. The molecule has 1 rings (SSSR count). The summed E-state index contributed by atoms with van der Waals surface area (Å²) in [4.78, 5) is 0. The molecular weight excluding hydrogens is 207 g/mol. The fourth-order valence-corrected chi connectivity index (χ4v) is 1.58. The minimum atomic E-state index is -0.735. The summed E-state index contributed by atoms with van der Waals surface area (Å²) in [6.45, 7) is 4.10. The summed E-state index contributed by atoms with van der Waals surface area (Å²) in [5.74, 6) is 0.448. The number of rotatable bonds is 5. The third-order valence-corrected chi connectivity index (χ3v) is 2.89. The zero-order valence-corrected chi connectivity index (χ0v) is 10.0. The van der Waals surface area contributed by atoms with Gasteiger partial charge in [0.15, 0.2) is 0 Å². The van der Waals surface area contributed by atoms with Gasteiger partial charge in [0.2, 0.25) is 0 Å². The summed E-state index contributed by atoms with van der Waals surface area (Å²) >= 11 is 0. The smallest absolute Gasteiger partial charge is 0.132 e. The number of hydrogen-bond acceptors (Lipinski definition) is 2. The van der Waals surface area contributed by atoms with Gasteiger partial charge in [-0.05, 0) is 24.5 Å². The molecule has 2 atom stereocenters. The lowest BCUT2D eigenvalue weighted by atomic mass is 9.96. The molecule has 0 saturated heterocycles. The maximum atomic E-state index is 13.6. The number of benzene rings is 1. The van der Waals surface area contributed by atoms with E-state index < -0.39 is 11.9 Å². The van der Waals surface area contributed by atoms with Crippen molar-refractivity contribution in [3.8, 4) is 5.75 Å². The first-order valence-electron chi connectivity index (χ1n) is 5.60. The van der Waals surface area contributed by atoms with Crippen LogP contribution in [-0.4, -0.2) is 12.2 Å². The standard InChI is InChI=1S/C13H19FO2/c1-4-9(2)7-13(15)11-6-5-10(16-3)8-12(11)14/h5-6,8-9,13,15H,4,7H2,1-3H3. The van der Waals surface area contributed by atoms with Crippen LogP contribution in [-0.2, 0) is 0 Å². The van der Waals surface area contributed by atoms with E-state index >= 15 is 0 Å². The van der Waals surface area contributed by atoms with Crippen LogP contribution in [0.3, 0.4) is 0 Å². The highest BCUT2D eigenvalue weighted by Crippen LogP contribution is 2.27. The largest absolute Gasteiger partial charge is 0.497 e. The van der Waals surface area contributed by atoms with E-state index in [4.69, 9.17) is 4.74 Å². The number of hydrogen-bond donors (Lipinski definition) is 1. The Morgan fingerprint density at radius 3 is 2.62 bits per heavy atom. The van der Waals surface area contributed by atoms with Crippen molar-refractivity contribution in [2.45, 2.75) is 32.8 Å². The molecule has 1 N–H and O–H groups in total. The molecule has 0 heterocycles. The second-order valence-corrected chi connectivity index (χ2v) is 4.15. The van der Waals surface area contributed by atoms with Crippen molar-refractivity contribution in [3.05, 3.63) is 29.6 Å². The molecule has 1 aromatic carbocycles. The van der Waals surface area contributed by atoms with Gasteiger partial charge in [0.05, 0.1) is 13.2 Å². The van der Waals surface area contributed by atoms with Gasteiger partial charge in [-0.15, -0.1) is 0 Å². The zero-order chi connectivity index (χ0) is 12.1. The van der Waals surface area contributed by atoms with Crippen molar-refractivity contribution >= 4 is 0 Å². The van der Waals surface area contributed by atoms with E-state index in [2.05, 4.69) is 6.92 Å². The van der Waals surface area contributed by atoms with E-state index in [1.165, 1.54) is 13.2 Å². The summed E-state index contributed by atoms with van der Waals surface area (Å²) in [5, 5.41) is 9.89. The molecule has 16 heavy (non-hydrogen) atoms. The molecule has 0 aliphatic rings. The first-order valence-corrected chi connectivity index (χ1v) is 5.60. The molecule has 2 unspecified atom stereocenters. The molecule has 0 aromatic heterocycles. The fraction of sp³-hybridized carbons (Fsp3) is 0.538. The van der Waals surface area contributed by atoms with Crippen LogP contribution in [0.5, 0.6) is 5.75 Å². The van der Waals surface area contributed by atoms with Crippen LogP contribution in [0.2, 0.25) is 0 Å². The summed E-state index contributed by atoms with van der Waals surface area (Å²) in [5.41, 5.74) is 0.348. The maximum Gasteiger partial charge on any atom is 0.132 e. The van der Waals surface area contributed by atoms with Crippen LogP contribution in [0, 0.1) is 11.7 Å². The summed E-state index contributed by atoms with van der Waals surface area (Å²) in [6.07, 6.45) is 0.829. The molecule has 90 valence electrons. The number of aliphatic hydroxyl groups is 1. The summed E-state index contributed by atoms with van der Waals surface area (Å²) in [7, 11) is 1.49. The quantitative estimate of drug-likeness (QED) is 0.834. The average molecular weight is 226 g/mol. The first kappa shape index (κ1) is 13.0. The van der Waals surface area contributed by atoms with Gasteiger partial charge in [-0.3, -0.25) is 0 Å². The van der Waals surface area contributed by atoms with Crippen molar-refractivity contribution in [1.29, 1.82) is 0 Å². The number of methoxy groups -OCH3 is 1. The molecule has 2 nitrogen and oxygen atoms in total. The van der Waals surface area contributed by atoms with Gasteiger partial charge < -0.3 is 9.84 Å². The van der Waals surface area contributed by atoms with Crippen molar-refractivity contribution in [1.82, 2.24) is 0 Å². The Balaban J connectivity index is 2.79. The first-order chi connectivity index (χ1) is 7.58. The van der Waals surface area contributed by atoms with Gasteiger partial charge in [-0.25, -0.2) is 4.39 Å². The van der Waals surface area contributed by atoms with Crippen molar-refractivity contribution in [2.24, 2.45) is 5.92 Å². The molecule has 1 aromatic rings. The highest BCUT2D eigenvalue weighted by Gasteiger charge is 2.15. The van der Waals surface area contributed by atoms with Crippen LogP contribution >= 0.6 is 0 Å². The molecule has 0 amide bonds. The van der Waals surface area contributed by atoms with E-state index in [0.717, 1.165) is 6.42 Å². The van der Waals surface area contributed by atoms with Crippen LogP contribution in [0.4, 0.5) is 4.39 Å². The predicted molar refractivity (Wildman–Crippen MR) is 62.0 cm³/mol. The topological polar surface area (TPSA) is 29.5 Å². The third-order valence-electron chi connectivity index (χ3n) is 2.89. The SMILES string of the molecule is CCC(C)CC(O)c1ccc(OC)cc1F. The maximum absolute atomic E-state index is 13.6. The minimum absolute atomic E-state index is 0.348. The van der Waals surface area contributed by atoms with Crippen molar-refractivity contribution in [2.75, 3.05) is 7.11 Å². The lowest BCUT2D eigenvalue weighted by molar-refractivity contribution is 0.142. The molecule has 0 fully saturated rings. The van der Waals surface area contributed by atoms with E-state index in [1.54, 1.807) is 12.1 Å². The van der Waals surface area contributed by atoms with E-state index in [-0.39, 0.29) is 0 Å². The summed E-state index contributed by atoms with van der Waals surface area (Å²) < 4.78 is 18.5. The van der Waals surface area contributed by atoms with Crippen molar-refractivity contribution < 1.29 is 14.2 Å². The Hall–Kier alpha value is -1.09. The average Bonchev–Trinajstić information content (AvgIpc) is 2.28. The number of ether oxygens (including phenoxy) is 1. The Labute approximate surface area is 96.1 Å². The van der Waals surface area contributed by atoms with Gasteiger partial charge in [-0.2, -0.15) is 0 Å². The minimum Gasteiger partial charge on any atom is -0.497 e. The molecule has 0 saturated carbocycles. The Morgan fingerprint density at radius 2 is 2.12 bits per heavy atom. The molecule has 0 bridgehead atoms. The molecule has 0 aliphatic carbocycles. The third kappa shape index (κ3) is 3.20. The summed E-state index contributed by atoms with van der Waals surface area (Å²) in [6, 6.07) is 4.55. The second-order valence-electron chi connectivity index (χ2n) is 4.15. The van der Waals surface area contributed by atoms with Crippen LogP contribution in [0.25, 0.3) is 0 Å². The van der Waals surface area contributed by atoms with Crippen LogP contribution in [0.1, 0.15) is 38.4 Å². The highest BCUT2D eigenvalue weighted by molar-refractivity contribution is 5.30.